The van der Waals surface area contributed by atoms with Crippen molar-refractivity contribution in [2.45, 2.75) is 77.6 Å². The first-order chi connectivity index (χ1) is 15.2. The van der Waals surface area contributed by atoms with E-state index >= 15 is 0 Å². The average molecular weight is 447 g/mol. The summed E-state index contributed by atoms with van der Waals surface area (Å²) in [5.41, 5.74) is 2.98. The molecule has 2 rings (SSSR count). The van der Waals surface area contributed by atoms with E-state index in [1.165, 1.54) is 44.1 Å². The molecule has 0 aliphatic carbocycles. The molecule has 0 atom stereocenters. The van der Waals surface area contributed by atoms with Gasteiger partial charge in [-0.25, -0.2) is 0 Å². The van der Waals surface area contributed by atoms with E-state index in [1.54, 1.807) is 0 Å². The number of nitrogens with zero attached hydrogens (tertiary/aromatic N) is 2. The van der Waals surface area contributed by atoms with E-state index in [9.17, 15) is 9.90 Å². The van der Waals surface area contributed by atoms with Gasteiger partial charge in [-0.1, -0.05) is 51.2 Å². The molecule has 0 bridgehead atoms. The van der Waals surface area contributed by atoms with Gasteiger partial charge < -0.3 is 14.6 Å². The van der Waals surface area contributed by atoms with E-state index in [4.69, 9.17) is 4.74 Å². The first kappa shape index (κ1) is 28.3. The molecule has 0 spiro atoms. The summed E-state index contributed by atoms with van der Waals surface area (Å²) in [7, 11) is 0. The summed E-state index contributed by atoms with van der Waals surface area (Å²) in [6.45, 7) is 2.82. The number of carbonyl (C=O) groups excluding carboxylic acids is 1. The van der Waals surface area contributed by atoms with Gasteiger partial charge in [0.05, 0.1) is 18.0 Å². The molecule has 6 heteroatoms. The predicted molar refractivity (Wildman–Crippen MR) is 123 cm³/mol. The molecule has 168 valence electrons. The molecule has 0 heterocycles. The van der Waals surface area contributed by atoms with Crippen molar-refractivity contribution in [1.29, 1.82) is 0 Å². The second kappa shape index (κ2) is 17.8. The van der Waals surface area contributed by atoms with Gasteiger partial charge in [0.15, 0.2) is 0 Å². The largest absolute Gasteiger partial charge is 1.00 e. The van der Waals surface area contributed by atoms with Gasteiger partial charge in [-0.2, -0.15) is 10.2 Å². The van der Waals surface area contributed by atoms with Gasteiger partial charge in [-0.3, -0.25) is 0 Å². The Hall–Kier alpha value is -1.69. The van der Waals surface area contributed by atoms with Gasteiger partial charge in [0.1, 0.15) is 5.75 Å². The second-order valence-electron chi connectivity index (χ2n) is 7.91. The molecular formula is C26H35N2NaO3. The molecule has 0 amide bonds. The van der Waals surface area contributed by atoms with E-state index in [1.807, 2.05) is 36.4 Å². The molecular weight excluding hydrogens is 411 g/mol. The number of azo groups is 1. The topological polar surface area (TPSA) is 74.1 Å². The van der Waals surface area contributed by atoms with Gasteiger partial charge in [0.2, 0.25) is 0 Å². The van der Waals surface area contributed by atoms with Crippen molar-refractivity contribution in [3.05, 3.63) is 54.1 Å². The SMILES string of the molecule is CCCCCCCCc1ccc(N=Nc2ccc(OCCCCCC(=O)[O-])cc2)cc1.[Na+]. The van der Waals surface area contributed by atoms with E-state index in [2.05, 4.69) is 29.3 Å². The third-order valence-corrected chi connectivity index (χ3v) is 5.17. The van der Waals surface area contributed by atoms with Crippen molar-refractivity contribution < 1.29 is 44.2 Å². The van der Waals surface area contributed by atoms with Gasteiger partial charge in [-0.05, 0) is 80.5 Å². The zero-order valence-corrected chi connectivity index (χ0v) is 21.7. The summed E-state index contributed by atoms with van der Waals surface area (Å²) in [4.78, 5) is 10.4. The number of unbranched alkanes of at least 4 members (excludes halogenated alkanes) is 7. The van der Waals surface area contributed by atoms with E-state index in [0.29, 0.717) is 13.0 Å². The smallest absolute Gasteiger partial charge is 0.550 e. The molecule has 0 fully saturated rings. The van der Waals surface area contributed by atoms with Gasteiger partial charge >= 0.3 is 29.6 Å². The molecule has 0 aliphatic rings. The molecule has 0 radical (unpaired) electrons. The number of hydrogen-bond donors (Lipinski definition) is 0. The molecule has 2 aromatic carbocycles. The number of carboxylic acids is 1. The normalized spacial score (nSPS) is 10.8. The fourth-order valence-corrected chi connectivity index (χ4v) is 3.30. The first-order valence-corrected chi connectivity index (χ1v) is 11.6. The Labute approximate surface area is 215 Å². The number of rotatable bonds is 16. The summed E-state index contributed by atoms with van der Waals surface area (Å²) in [5.74, 6) is -0.215. The molecule has 0 unspecified atom stereocenters. The Morgan fingerprint density at radius 2 is 1.34 bits per heavy atom. The monoisotopic (exact) mass is 446 g/mol. The minimum Gasteiger partial charge on any atom is -0.550 e. The second-order valence-corrected chi connectivity index (χ2v) is 7.91. The zero-order valence-electron chi connectivity index (χ0n) is 19.7. The summed E-state index contributed by atoms with van der Waals surface area (Å²) in [6.07, 6.45) is 11.4. The van der Waals surface area contributed by atoms with Crippen LogP contribution in [0.5, 0.6) is 5.75 Å². The number of carbonyl (C=O) groups is 1. The molecule has 32 heavy (non-hydrogen) atoms. The van der Waals surface area contributed by atoms with E-state index < -0.39 is 5.97 Å². The number of carboxylic acid groups (broad SMARTS) is 1. The van der Waals surface area contributed by atoms with Crippen LogP contribution >= 0.6 is 0 Å². The van der Waals surface area contributed by atoms with Crippen molar-refractivity contribution in [2.75, 3.05) is 6.61 Å². The van der Waals surface area contributed by atoms with Crippen molar-refractivity contribution >= 4 is 17.3 Å². The quantitative estimate of drug-likeness (QED) is 0.224. The van der Waals surface area contributed by atoms with Crippen LogP contribution in [0.2, 0.25) is 0 Å². The van der Waals surface area contributed by atoms with E-state index in [0.717, 1.165) is 36.4 Å². The van der Waals surface area contributed by atoms with Crippen LogP contribution < -0.4 is 39.4 Å². The van der Waals surface area contributed by atoms with Crippen LogP contribution in [0.4, 0.5) is 11.4 Å². The minimum atomic E-state index is -0.991. The van der Waals surface area contributed by atoms with Crippen LogP contribution in [-0.2, 0) is 11.2 Å². The van der Waals surface area contributed by atoms with Gasteiger partial charge in [-0.15, -0.1) is 0 Å². The van der Waals surface area contributed by atoms with Crippen LogP contribution in [0.1, 0.15) is 76.7 Å². The average Bonchev–Trinajstić information content (AvgIpc) is 2.78. The van der Waals surface area contributed by atoms with Crippen molar-refractivity contribution in [2.24, 2.45) is 10.2 Å². The summed E-state index contributed by atoms with van der Waals surface area (Å²) < 4.78 is 5.67. The molecule has 5 nitrogen and oxygen atoms in total. The van der Waals surface area contributed by atoms with Crippen molar-refractivity contribution in [1.82, 2.24) is 0 Å². The maximum absolute atomic E-state index is 10.4. The van der Waals surface area contributed by atoms with E-state index in [-0.39, 0.29) is 36.0 Å². The number of benzene rings is 2. The van der Waals surface area contributed by atoms with Crippen molar-refractivity contribution in [3.63, 3.8) is 0 Å². The van der Waals surface area contributed by atoms with Gasteiger partial charge in [0.25, 0.3) is 0 Å². The summed E-state index contributed by atoms with van der Waals surface area (Å²) in [6, 6.07) is 15.8. The molecule has 0 saturated heterocycles. The summed E-state index contributed by atoms with van der Waals surface area (Å²) >= 11 is 0. The molecule has 0 saturated carbocycles. The number of hydrogen-bond acceptors (Lipinski definition) is 5. The van der Waals surface area contributed by atoms with Crippen LogP contribution in [0.3, 0.4) is 0 Å². The predicted octanol–water partition coefficient (Wildman–Crippen LogP) is 3.70. The third kappa shape index (κ3) is 13.0. The maximum Gasteiger partial charge on any atom is 1.00 e. The Bertz CT molecular complexity index is 777. The molecule has 0 N–H and O–H groups in total. The third-order valence-electron chi connectivity index (χ3n) is 5.17. The molecule has 2 aromatic rings. The maximum atomic E-state index is 10.4. The first-order valence-electron chi connectivity index (χ1n) is 11.6. The fraction of sp³-hybridized carbons (Fsp3) is 0.500. The Morgan fingerprint density at radius 3 is 1.97 bits per heavy atom. The van der Waals surface area contributed by atoms with Gasteiger partial charge in [0, 0.05) is 5.97 Å². The fourth-order valence-electron chi connectivity index (χ4n) is 3.30. The van der Waals surface area contributed by atoms with Crippen LogP contribution in [0, 0.1) is 0 Å². The molecule has 0 aromatic heterocycles. The number of ether oxygens (including phenoxy) is 1. The molecule has 0 aliphatic heterocycles. The Kier molecular flexibility index (Phi) is 15.8. The van der Waals surface area contributed by atoms with Crippen LogP contribution in [0.25, 0.3) is 0 Å². The number of aryl methyl sites for hydroxylation is 1. The Balaban J connectivity index is 0.00000512. The number of aliphatic carboxylic acids is 1. The van der Waals surface area contributed by atoms with Crippen molar-refractivity contribution in [3.8, 4) is 5.75 Å². The van der Waals surface area contributed by atoms with Crippen LogP contribution in [-0.4, -0.2) is 12.6 Å². The Morgan fingerprint density at radius 1 is 0.781 bits per heavy atom. The standard InChI is InChI=1S/C26H36N2O3.Na/c1-2-3-4-5-6-8-11-22-13-15-23(16-14-22)27-28-24-17-19-25(20-18-24)31-21-10-7-9-12-26(29)30;/h13-20H,2-12,21H2,1H3,(H,29,30);/q;+1/p-1. The summed E-state index contributed by atoms with van der Waals surface area (Å²) in [5, 5.41) is 19.0. The minimum absolute atomic E-state index is 0. The van der Waals surface area contributed by atoms with Crippen LogP contribution in [0.15, 0.2) is 58.8 Å². The zero-order chi connectivity index (χ0) is 22.2.